The van der Waals surface area contributed by atoms with Gasteiger partial charge in [-0.15, -0.1) is 0 Å². The lowest BCUT2D eigenvalue weighted by molar-refractivity contribution is -0.00687. The Morgan fingerprint density at radius 3 is 2.58 bits per heavy atom. The molecule has 0 aliphatic carbocycles. The highest BCUT2D eigenvalue weighted by molar-refractivity contribution is 7.94. The maximum Gasteiger partial charge on any atom is 0.173 e. The van der Waals surface area contributed by atoms with Gasteiger partial charge >= 0.3 is 0 Å². The summed E-state index contributed by atoms with van der Waals surface area (Å²) in [7, 11) is -2.91. The lowest BCUT2D eigenvalue weighted by Crippen LogP contribution is -2.50. The van der Waals surface area contributed by atoms with E-state index in [9.17, 15) is 8.42 Å². The molecule has 4 nitrogen and oxygen atoms in total. The molecule has 0 saturated carbocycles. The Hall–Kier alpha value is -0.390. The minimum atomic E-state index is -2.91. The molecule has 0 amide bonds. The van der Waals surface area contributed by atoms with E-state index in [0.29, 0.717) is 19.3 Å². The van der Waals surface area contributed by atoms with Crippen LogP contribution in [0.3, 0.4) is 0 Å². The van der Waals surface area contributed by atoms with Crippen LogP contribution in [0.2, 0.25) is 0 Å². The average molecular weight is 189 g/mol. The third-order valence-electron chi connectivity index (χ3n) is 2.02. The minimum absolute atomic E-state index is 0.0103. The number of hydrogen-bond acceptors (Lipinski definition) is 4. The molecule has 5 heteroatoms. The number of rotatable bonds is 2. The zero-order valence-electron chi connectivity index (χ0n) is 6.56. The highest BCUT2D eigenvalue weighted by Crippen LogP contribution is 2.10. The monoisotopic (exact) mass is 189 g/mol. The summed E-state index contributed by atoms with van der Waals surface area (Å²) < 4.78 is 26.9. The largest absolute Gasteiger partial charge is 0.378 e. The molecule has 0 bridgehead atoms. The number of hydrogen-bond donors (Lipinski definition) is 1. The van der Waals surface area contributed by atoms with Crippen LogP contribution in [-0.4, -0.2) is 39.5 Å². The molecular formula is C7H11NO3S. The van der Waals surface area contributed by atoms with Gasteiger partial charge in [0, 0.05) is 11.4 Å². The molecular weight excluding hydrogens is 178 g/mol. The van der Waals surface area contributed by atoms with Crippen LogP contribution in [0.1, 0.15) is 0 Å². The highest BCUT2D eigenvalue weighted by Gasteiger charge is 2.26. The molecule has 1 unspecified atom stereocenters. The van der Waals surface area contributed by atoms with Crippen molar-refractivity contribution in [3.05, 3.63) is 11.5 Å². The predicted molar refractivity (Wildman–Crippen MR) is 44.5 cm³/mol. The van der Waals surface area contributed by atoms with E-state index in [1.54, 1.807) is 6.08 Å². The van der Waals surface area contributed by atoms with Crippen molar-refractivity contribution in [3.8, 4) is 0 Å². The van der Waals surface area contributed by atoms with E-state index in [0.717, 1.165) is 0 Å². The molecule has 0 spiro atoms. The predicted octanol–water partition coefficient (Wildman–Crippen LogP) is -0.715. The molecule has 12 heavy (non-hydrogen) atoms. The van der Waals surface area contributed by atoms with E-state index in [-0.39, 0.29) is 11.8 Å². The quantitative estimate of drug-likeness (QED) is 0.623. The average Bonchev–Trinajstić information content (AvgIpc) is 2.21. The first kappa shape index (κ1) is 8.22. The van der Waals surface area contributed by atoms with Gasteiger partial charge in [-0.05, 0) is 0 Å². The van der Waals surface area contributed by atoms with Gasteiger partial charge in [-0.2, -0.15) is 0 Å². The van der Waals surface area contributed by atoms with Gasteiger partial charge in [0.25, 0.3) is 0 Å². The first-order chi connectivity index (χ1) is 5.66. The van der Waals surface area contributed by atoms with Gasteiger partial charge in [0.15, 0.2) is 9.84 Å². The summed E-state index contributed by atoms with van der Waals surface area (Å²) in [5, 5.41) is 4.46. The smallest absolute Gasteiger partial charge is 0.173 e. The minimum Gasteiger partial charge on any atom is -0.378 e. The van der Waals surface area contributed by atoms with Gasteiger partial charge in [0.2, 0.25) is 0 Å². The number of sulfone groups is 1. The number of nitrogens with one attached hydrogen (secondary N) is 1. The maximum absolute atomic E-state index is 11.0. The Balaban J connectivity index is 1.88. The zero-order chi connectivity index (χ0) is 8.60. The Labute approximate surface area is 71.5 Å². The summed E-state index contributed by atoms with van der Waals surface area (Å²) in [6.07, 6.45) is 1.70. The number of ether oxygens (including phenoxy) is 1. The van der Waals surface area contributed by atoms with Gasteiger partial charge in [-0.1, -0.05) is 6.08 Å². The normalized spacial score (nSPS) is 33.5. The third kappa shape index (κ3) is 1.68. The summed E-state index contributed by atoms with van der Waals surface area (Å²) in [6.45, 7) is 1.40. The first-order valence-corrected chi connectivity index (χ1v) is 5.62. The van der Waals surface area contributed by atoms with Crippen LogP contribution in [0.25, 0.3) is 0 Å². The molecule has 1 fully saturated rings. The van der Waals surface area contributed by atoms with E-state index >= 15 is 0 Å². The molecule has 0 aromatic heterocycles. The van der Waals surface area contributed by atoms with E-state index < -0.39 is 9.84 Å². The van der Waals surface area contributed by atoms with E-state index in [1.165, 1.54) is 5.41 Å². The molecule has 1 saturated heterocycles. The van der Waals surface area contributed by atoms with Gasteiger partial charge in [0.05, 0.1) is 25.0 Å². The lowest BCUT2D eigenvalue weighted by atomic mass is 10.2. The summed E-state index contributed by atoms with van der Waals surface area (Å²) in [4.78, 5) is 0. The molecule has 2 aliphatic rings. The topological polar surface area (TPSA) is 55.4 Å². The second-order valence-electron chi connectivity index (χ2n) is 3.17. The van der Waals surface area contributed by atoms with E-state index in [2.05, 4.69) is 5.32 Å². The van der Waals surface area contributed by atoms with Crippen molar-refractivity contribution in [2.24, 2.45) is 0 Å². The second kappa shape index (κ2) is 2.83. The summed E-state index contributed by atoms with van der Waals surface area (Å²) >= 11 is 0. The molecule has 2 aliphatic heterocycles. The van der Waals surface area contributed by atoms with Crippen LogP contribution in [0.15, 0.2) is 11.5 Å². The summed E-state index contributed by atoms with van der Waals surface area (Å²) in [5.41, 5.74) is 0. The van der Waals surface area contributed by atoms with E-state index in [4.69, 9.17) is 4.74 Å². The van der Waals surface area contributed by atoms with Gasteiger partial charge in [-0.25, -0.2) is 8.42 Å². The van der Waals surface area contributed by atoms with Crippen molar-refractivity contribution < 1.29 is 13.2 Å². The molecule has 0 aromatic carbocycles. The highest BCUT2D eigenvalue weighted by atomic mass is 32.2. The Bertz CT molecular complexity index is 292. The molecule has 2 heterocycles. The van der Waals surface area contributed by atoms with Crippen LogP contribution >= 0.6 is 0 Å². The van der Waals surface area contributed by atoms with Gasteiger partial charge in [-0.3, -0.25) is 0 Å². The van der Waals surface area contributed by atoms with Crippen molar-refractivity contribution in [1.29, 1.82) is 0 Å². The molecule has 0 aromatic rings. The van der Waals surface area contributed by atoms with Crippen molar-refractivity contribution in [1.82, 2.24) is 5.32 Å². The summed E-state index contributed by atoms with van der Waals surface area (Å²) in [6, 6.07) is 0.330. The van der Waals surface area contributed by atoms with Gasteiger partial charge < -0.3 is 10.1 Å². The Kier molecular flexibility index (Phi) is 1.94. The SMILES string of the molecule is O=S1(=O)C=CC(NC2COC2)C1. The molecule has 1 atom stereocenters. The standard InChI is InChI=1S/C7H11NO3S/c9-12(10)2-1-6(5-12)8-7-3-11-4-7/h1-2,6-8H,3-5H2. The van der Waals surface area contributed by atoms with Crippen molar-refractivity contribution in [2.75, 3.05) is 19.0 Å². The third-order valence-corrected chi connectivity index (χ3v) is 3.41. The van der Waals surface area contributed by atoms with Crippen LogP contribution < -0.4 is 5.32 Å². The van der Waals surface area contributed by atoms with Crippen LogP contribution in [0.5, 0.6) is 0 Å². The molecule has 68 valence electrons. The van der Waals surface area contributed by atoms with Crippen molar-refractivity contribution in [3.63, 3.8) is 0 Å². The van der Waals surface area contributed by atoms with Crippen LogP contribution in [-0.2, 0) is 14.6 Å². The van der Waals surface area contributed by atoms with Crippen molar-refractivity contribution >= 4 is 9.84 Å². The van der Waals surface area contributed by atoms with Crippen LogP contribution in [0, 0.1) is 0 Å². The van der Waals surface area contributed by atoms with Gasteiger partial charge in [0.1, 0.15) is 0 Å². The molecule has 0 radical (unpaired) electrons. The fraction of sp³-hybridized carbons (Fsp3) is 0.714. The lowest BCUT2D eigenvalue weighted by Gasteiger charge is -2.29. The molecule has 1 N–H and O–H groups in total. The maximum atomic E-state index is 11.0. The summed E-state index contributed by atoms with van der Waals surface area (Å²) in [5.74, 6) is 0.198. The molecule has 2 rings (SSSR count). The van der Waals surface area contributed by atoms with Crippen LogP contribution in [0.4, 0.5) is 0 Å². The second-order valence-corrected chi connectivity index (χ2v) is 5.10. The Morgan fingerprint density at radius 2 is 2.17 bits per heavy atom. The fourth-order valence-electron chi connectivity index (χ4n) is 1.31. The zero-order valence-corrected chi connectivity index (χ0v) is 7.38. The Morgan fingerprint density at radius 1 is 1.42 bits per heavy atom. The fourth-order valence-corrected chi connectivity index (χ4v) is 2.56. The first-order valence-electron chi connectivity index (χ1n) is 3.90. The van der Waals surface area contributed by atoms with Crippen molar-refractivity contribution in [2.45, 2.75) is 12.1 Å². The van der Waals surface area contributed by atoms with E-state index in [1.807, 2.05) is 0 Å².